The van der Waals surface area contributed by atoms with E-state index in [1.165, 1.54) is 0 Å². The van der Waals surface area contributed by atoms with Crippen LogP contribution in [0.2, 0.25) is 0 Å². The second kappa shape index (κ2) is 8.48. The third kappa shape index (κ3) is 3.56. The third-order valence-electron chi connectivity index (χ3n) is 11.7. The van der Waals surface area contributed by atoms with Gasteiger partial charge < -0.3 is 10.1 Å². The van der Waals surface area contributed by atoms with Crippen LogP contribution in [-0.2, 0) is 19.2 Å². The molecule has 8 atom stereocenters. The van der Waals surface area contributed by atoms with Crippen LogP contribution in [0, 0.1) is 62.6 Å². The summed E-state index contributed by atoms with van der Waals surface area (Å²) in [7, 11) is 0. The number of nitrogens with one attached hydrogen (secondary N) is 1. The molecule has 6 nitrogen and oxygen atoms in total. The molecule has 0 radical (unpaired) electrons. The summed E-state index contributed by atoms with van der Waals surface area (Å²) in [6.45, 7) is 10.7. The lowest BCUT2D eigenvalue weighted by Gasteiger charge is -2.64. The Hall–Kier alpha value is -2.55. The maximum absolute atomic E-state index is 14.1. The van der Waals surface area contributed by atoms with Gasteiger partial charge in [-0.05, 0) is 79.6 Å². The average Bonchev–Trinajstić information content (AvgIpc) is 2.85. The van der Waals surface area contributed by atoms with Gasteiger partial charge in [-0.15, -0.1) is 0 Å². The van der Waals surface area contributed by atoms with Gasteiger partial charge in [0.1, 0.15) is 12.4 Å². The van der Waals surface area contributed by atoms with Gasteiger partial charge in [0.25, 0.3) is 0 Å². The summed E-state index contributed by atoms with van der Waals surface area (Å²) in [5, 5.41) is 12.5. The molecule has 3 saturated carbocycles. The first kappa shape index (κ1) is 26.1. The third-order valence-corrected chi connectivity index (χ3v) is 11.7. The summed E-state index contributed by atoms with van der Waals surface area (Å²) in [4.78, 5) is 50.8. The molecule has 0 saturated heterocycles. The van der Waals surface area contributed by atoms with Crippen molar-refractivity contribution in [2.45, 2.75) is 79.6 Å². The fourth-order valence-electron chi connectivity index (χ4n) is 9.74. The van der Waals surface area contributed by atoms with E-state index >= 15 is 0 Å². The van der Waals surface area contributed by atoms with Crippen LogP contribution < -0.4 is 5.32 Å². The van der Waals surface area contributed by atoms with Crippen molar-refractivity contribution in [2.75, 3.05) is 6.54 Å². The molecule has 0 aliphatic heterocycles. The lowest BCUT2D eigenvalue weighted by Crippen LogP contribution is -2.60. The molecule has 0 aromatic rings. The molecule has 0 spiro atoms. The lowest BCUT2D eigenvalue weighted by molar-refractivity contribution is -0.147. The average molecular weight is 505 g/mol. The Morgan fingerprint density at radius 3 is 2.46 bits per heavy atom. The molecule has 198 valence electrons. The van der Waals surface area contributed by atoms with E-state index in [4.69, 9.17) is 0 Å². The van der Waals surface area contributed by atoms with Crippen LogP contribution in [-0.4, -0.2) is 30.3 Å². The lowest BCUT2D eigenvalue weighted by atomic mass is 9.39. The van der Waals surface area contributed by atoms with Gasteiger partial charge in [0.05, 0.1) is 12.1 Å². The second-order valence-electron chi connectivity index (χ2n) is 13.8. The van der Waals surface area contributed by atoms with Crippen LogP contribution in [0.1, 0.15) is 79.6 Å². The Kier molecular flexibility index (Phi) is 5.98. The molecule has 37 heavy (non-hydrogen) atoms. The van der Waals surface area contributed by atoms with Crippen molar-refractivity contribution in [3.8, 4) is 6.07 Å². The van der Waals surface area contributed by atoms with E-state index in [1.807, 2.05) is 26.0 Å². The van der Waals surface area contributed by atoms with Crippen LogP contribution >= 0.6 is 0 Å². The SMILES string of the molecule is CC12CCC(C(=O)NCC=O)CC1C1C(=O)C=C3C4(C)C=C(C#N)C(=O)C(C)(C)C4CCC3(C)C1CC2. The van der Waals surface area contributed by atoms with Gasteiger partial charge in [0, 0.05) is 22.7 Å². The zero-order valence-electron chi connectivity index (χ0n) is 22.9. The molecule has 0 bridgehead atoms. The van der Waals surface area contributed by atoms with Crippen molar-refractivity contribution < 1.29 is 19.2 Å². The standard InChI is InChI=1S/C31H40N2O4/c1-28(2)23-8-11-30(4)20-7-10-29(3)9-6-18(27(37)33-12-13-34)14-21(29)25(20)22(35)15-24(30)31(23,5)16-19(17-32)26(28)36/h13,15-16,18,20-21,23,25H,6-12,14H2,1-5H3,(H,33,37). The van der Waals surface area contributed by atoms with Gasteiger partial charge in [0.2, 0.25) is 5.91 Å². The van der Waals surface area contributed by atoms with Crippen LogP contribution in [0.25, 0.3) is 0 Å². The van der Waals surface area contributed by atoms with Crippen LogP contribution in [0.5, 0.6) is 0 Å². The molecule has 8 unspecified atom stereocenters. The van der Waals surface area contributed by atoms with Crippen molar-refractivity contribution in [1.82, 2.24) is 5.32 Å². The highest BCUT2D eigenvalue weighted by molar-refractivity contribution is 6.04. The smallest absolute Gasteiger partial charge is 0.223 e. The topological polar surface area (TPSA) is 104 Å². The predicted octanol–water partition coefficient (Wildman–Crippen LogP) is 4.74. The number of allylic oxidation sites excluding steroid dienone is 4. The fourth-order valence-corrected chi connectivity index (χ4v) is 9.74. The first-order valence-electron chi connectivity index (χ1n) is 14.0. The highest BCUT2D eigenvalue weighted by Gasteiger charge is 2.65. The summed E-state index contributed by atoms with van der Waals surface area (Å²) in [6, 6.07) is 2.15. The zero-order chi connectivity index (χ0) is 27.0. The predicted molar refractivity (Wildman–Crippen MR) is 139 cm³/mol. The molecular formula is C31H40N2O4. The Bertz CT molecular complexity index is 1170. The first-order chi connectivity index (χ1) is 17.3. The zero-order valence-corrected chi connectivity index (χ0v) is 22.9. The van der Waals surface area contributed by atoms with Crippen LogP contribution in [0.4, 0.5) is 0 Å². The van der Waals surface area contributed by atoms with Gasteiger partial charge in [0.15, 0.2) is 11.6 Å². The van der Waals surface area contributed by atoms with E-state index in [-0.39, 0.29) is 70.0 Å². The maximum atomic E-state index is 14.1. The van der Waals surface area contributed by atoms with Gasteiger partial charge in [-0.2, -0.15) is 5.26 Å². The van der Waals surface area contributed by atoms with Crippen LogP contribution in [0.15, 0.2) is 23.3 Å². The number of nitriles is 1. The number of carbonyl (C=O) groups excluding carboxylic acids is 4. The second-order valence-corrected chi connectivity index (χ2v) is 13.8. The maximum Gasteiger partial charge on any atom is 0.223 e. The van der Waals surface area contributed by atoms with E-state index in [0.717, 1.165) is 44.1 Å². The number of carbonyl (C=O) groups is 4. The van der Waals surface area contributed by atoms with Crippen molar-refractivity contribution >= 4 is 23.8 Å². The van der Waals surface area contributed by atoms with Crippen LogP contribution in [0.3, 0.4) is 0 Å². The van der Waals surface area contributed by atoms with Gasteiger partial charge >= 0.3 is 0 Å². The Balaban J connectivity index is 1.56. The minimum Gasteiger partial charge on any atom is -0.349 e. The molecule has 5 aliphatic rings. The highest BCUT2D eigenvalue weighted by atomic mass is 16.2. The normalized spacial score (nSPS) is 44.1. The Labute approximate surface area is 220 Å². The molecule has 5 aliphatic carbocycles. The van der Waals surface area contributed by atoms with E-state index in [2.05, 4.69) is 32.2 Å². The molecule has 0 aromatic heterocycles. The molecule has 0 aromatic carbocycles. The number of Topliss-reactive ketones (excluding diaryl/α,β-unsaturated/α-hetero) is 1. The number of ketones is 2. The molecule has 3 fully saturated rings. The monoisotopic (exact) mass is 504 g/mol. The van der Waals surface area contributed by atoms with E-state index in [9.17, 15) is 24.4 Å². The largest absolute Gasteiger partial charge is 0.349 e. The Morgan fingerprint density at radius 2 is 1.78 bits per heavy atom. The number of rotatable bonds is 3. The van der Waals surface area contributed by atoms with E-state index in [0.29, 0.717) is 12.7 Å². The molecule has 0 heterocycles. The van der Waals surface area contributed by atoms with Crippen molar-refractivity contribution in [3.05, 3.63) is 23.3 Å². The summed E-state index contributed by atoms with van der Waals surface area (Å²) in [6.07, 6.45) is 10.7. The molecule has 1 N–H and O–H groups in total. The summed E-state index contributed by atoms with van der Waals surface area (Å²) < 4.78 is 0. The van der Waals surface area contributed by atoms with Gasteiger partial charge in [-0.25, -0.2) is 0 Å². The van der Waals surface area contributed by atoms with Gasteiger partial charge in [-0.1, -0.05) is 46.3 Å². The molecule has 6 heteroatoms. The van der Waals surface area contributed by atoms with Crippen molar-refractivity contribution in [3.63, 3.8) is 0 Å². The number of fused-ring (bicyclic) bond motifs is 7. The summed E-state index contributed by atoms with van der Waals surface area (Å²) in [5.74, 6) is 0.0823. The fraction of sp³-hybridized carbons (Fsp3) is 0.710. The number of hydrogen-bond donors (Lipinski definition) is 1. The van der Waals surface area contributed by atoms with E-state index in [1.54, 1.807) is 0 Å². The number of nitrogens with zero attached hydrogens (tertiary/aromatic N) is 1. The first-order valence-corrected chi connectivity index (χ1v) is 14.0. The summed E-state index contributed by atoms with van der Waals surface area (Å²) >= 11 is 0. The minimum absolute atomic E-state index is 0.0310. The molecule has 1 amide bonds. The van der Waals surface area contributed by atoms with E-state index < -0.39 is 10.8 Å². The quantitative estimate of drug-likeness (QED) is 0.559. The minimum atomic E-state index is -0.659. The number of aldehydes is 1. The van der Waals surface area contributed by atoms with Crippen molar-refractivity contribution in [1.29, 1.82) is 5.26 Å². The molecule has 5 rings (SSSR count). The highest BCUT2D eigenvalue weighted by Crippen LogP contribution is 2.69. The number of hydrogen-bond acceptors (Lipinski definition) is 5. The molecular weight excluding hydrogens is 464 g/mol. The Morgan fingerprint density at radius 1 is 1.08 bits per heavy atom. The number of amides is 1. The van der Waals surface area contributed by atoms with Crippen molar-refractivity contribution in [2.24, 2.45) is 51.2 Å². The van der Waals surface area contributed by atoms with Gasteiger partial charge in [-0.3, -0.25) is 14.4 Å². The summed E-state index contributed by atoms with van der Waals surface area (Å²) in [5.41, 5.74) is -0.000258.